The number of pyridine rings is 2. The van der Waals surface area contributed by atoms with Gasteiger partial charge >= 0.3 is 5.69 Å². The fourth-order valence-electron chi connectivity index (χ4n) is 15.8. The van der Waals surface area contributed by atoms with Crippen molar-refractivity contribution in [1.29, 1.82) is 0 Å². The minimum Gasteiger partial charge on any atom is -0.412 e. The maximum absolute atomic E-state index is 12.7. The summed E-state index contributed by atoms with van der Waals surface area (Å²) in [6.45, 7) is 38.0. The zero-order valence-electron chi connectivity index (χ0n) is 77.5. The van der Waals surface area contributed by atoms with Gasteiger partial charge in [0.05, 0.1) is 17.6 Å². The summed E-state index contributed by atoms with van der Waals surface area (Å²) in [5.74, 6) is 3.84. The number of anilines is 5. The van der Waals surface area contributed by atoms with Gasteiger partial charge in [0.1, 0.15) is 51.7 Å². The molecular weight excluding hydrogens is 1520 g/mol. The topological polar surface area (TPSA) is 315 Å². The number of aromatic nitrogens is 10. The van der Waals surface area contributed by atoms with Crippen molar-refractivity contribution in [2.45, 2.75) is 345 Å². The molecule has 0 spiro atoms. The summed E-state index contributed by atoms with van der Waals surface area (Å²) in [6.07, 6.45) is 42.4. The first kappa shape index (κ1) is 98.5. The van der Waals surface area contributed by atoms with Crippen molar-refractivity contribution >= 4 is 102 Å². The molecule has 11 N–H and O–H groups in total. The minimum absolute atomic E-state index is 0.0918. The lowest BCUT2D eigenvalue weighted by Gasteiger charge is -2.43. The molecule has 0 aliphatic carbocycles. The van der Waals surface area contributed by atoms with Gasteiger partial charge in [0.2, 0.25) is 17.8 Å². The monoisotopic (exact) mass is 1680 g/mol. The van der Waals surface area contributed by atoms with Crippen LogP contribution in [0.4, 0.5) is 29.1 Å². The van der Waals surface area contributed by atoms with Crippen LogP contribution in [0.2, 0.25) is 0 Å². The van der Waals surface area contributed by atoms with Crippen LogP contribution in [0.3, 0.4) is 0 Å². The molecule has 2 amide bonds. The number of carbonyl (C=O) groups is 3. The van der Waals surface area contributed by atoms with Gasteiger partial charge in [-0.1, -0.05) is 239 Å². The fraction of sp³-hybridized carbons (Fsp3) is 0.653. The van der Waals surface area contributed by atoms with Crippen molar-refractivity contribution in [3.63, 3.8) is 0 Å². The predicted octanol–water partition coefficient (Wildman–Crippen LogP) is 20.9. The van der Waals surface area contributed by atoms with Crippen LogP contribution in [-0.2, 0) is 29.0 Å². The van der Waals surface area contributed by atoms with E-state index in [9.17, 15) is 19.2 Å². The number of hydrogen-bond donors (Lipinski definition) is 9. The van der Waals surface area contributed by atoms with Gasteiger partial charge in [0, 0.05) is 111 Å². The number of hydrogen-bond acceptors (Lipinski definition) is 18. The maximum atomic E-state index is 12.7. The Kier molecular flexibility index (Phi) is 42.0. The lowest BCUT2D eigenvalue weighted by molar-refractivity contribution is -0.121. The molecule has 1 fully saturated rings. The highest BCUT2D eigenvalue weighted by Gasteiger charge is 2.28. The molecule has 6 aromatic heterocycles. The van der Waals surface area contributed by atoms with E-state index in [2.05, 4.69) is 176 Å². The van der Waals surface area contributed by atoms with E-state index in [4.69, 9.17) is 31.3 Å². The summed E-state index contributed by atoms with van der Waals surface area (Å²) in [6, 6.07) is 21.8. The molecule has 1 saturated heterocycles. The normalized spacial score (nSPS) is 12.8. The number of carbonyl (C=O) groups excluding carboxylic acids is 3. The predicted molar refractivity (Wildman–Crippen MR) is 510 cm³/mol. The summed E-state index contributed by atoms with van der Waals surface area (Å²) in [5.41, 5.74) is 21.4. The van der Waals surface area contributed by atoms with E-state index in [0.29, 0.717) is 66.6 Å². The number of ketones is 1. The highest BCUT2D eigenvalue weighted by atomic mass is 16.7. The second-order valence-electron chi connectivity index (χ2n) is 37.2. The number of nitrogens with zero attached hydrogens (tertiary/aromatic N) is 10. The van der Waals surface area contributed by atoms with Crippen molar-refractivity contribution in [2.75, 3.05) is 92.5 Å². The molecule has 24 nitrogen and oxygen atoms in total. The number of aryl methyl sites for hydroxylation is 2. The van der Waals surface area contributed by atoms with Gasteiger partial charge in [-0.2, -0.15) is 14.7 Å². The van der Waals surface area contributed by atoms with E-state index in [1.54, 1.807) is 12.1 Å². The third-order valence-electron chi connectivity index (χ3n) is 23.0. The van der Waals surface area contributed by atoms with Crippen LogP contribution in [0, 0.1) is 5.41 Å². The molecule has 24 heteroatoms. The molecule has 7 heterocycles. The van der Waals surface area contributed by atoms with Crippen LogP contribution < -0.4 is 53.5 Å². The quantitative estimate of drug-likeness (QED) is 0.0126. The Balaban J connectivity index is 0.000000235. The summed E-state index contributed by atoms with van der Waals surface area (Å²) in [5, 5.41) is 18.3. The zero-order valence-corrected chi connectivity index (χ0v) is 77.5. The Morgan fingerprint density at radius 1 is 0.508 bits per heavy atom. The third-order valence-corrected chi connectivity index (χ3v) is 23.0. The van der Waals surface area contributed by atoms with Crippen molar-refractivity contribution in [3.8, 4) is 0 Å². The summed E-state index contributed by atoms with van der Waals surface area (Å²) in [4.78, 5) is 95.9. The minimum atomic E-state index is -0.336. The molecule has 0 atom stereocenters. The standard InChI is InChI=1S/C40H67N5O2.C36H58N8O3.C22H32N6/c1-6-8-10-11-12-13-14-15-16-17-18-19-20-21-22-30-36(46)41-31-25-26-32-47-45-35(29-9-7-2)43-37-38(45)33-27-23-24-28-34(33)42-39(37)44-40(3,4)5;1-5-6-24-40-34-42-32(37)31-33(43-34)44(35(47)41-31)26-27-15-17-28(18-16-27)29(45)19-20-30(46)39-25-14-23-38-22-13-11-9-7-8-10-12-21-36(2,3)4;1-5-6-7-18-25-19-16-14-15(8-9-17(16)24-21(23)20(19)26-18)27-10-12-28(13-11-27)22(2,3)4/h23-24,27-28H,6-22,25-26,29-32H2,1-5H3,(H,41,46)(H,42,44);15-18,38H,5-14,19-26H2,1-4H3,(H,39,46)(H,41,47)(H3,37,40,42,43);8-9,14H,5-7,10-13H2,1-4H3,(H2,23,24)(H,25,26). The van der Waals surface area contributed by atoms with Crippen LogP contribution in [0.15, 0.2) is 71.5 Å². The average molecular weight is 1680 g/mol. The summed E-state index contributed by atoms with van der Waals surface area (Å²) >= 11 is 0. The van der Waals surface area contributed by atoms with Gasteiger partial charge in [-0.05, 0) is 148 Å². The Labute approximate surface area is 730 Å². The lowest BCUT2D eigenvalue weighted by atomic mass is 9.89. The highest BCUT2D eigenvalue weighted by molar-refractivity contribution is 6.08. The zero-order chi connectivity index (χ0) is 87.7. The molecular formula is C98H157N19O5. The fourth-order valence-corrected chi connectivity index (χ4v) is 15.8. The number of Topliss-reactive ketones (excluding diaryl/α,β-unsaturated/α-hetero) is 1. The molecule has 9 aromatic rings. The number of fused-ring (bicyclic) bond motifs is 7. The summed E-state index contributed by atoms with van der Waals surface area (Å²) < 4.78 is 3.46. The van der Waals surface area contributed by atoms with Crippen LogP contribution >= 0.6 is 0 Å². The van der Waals surface area contributed by atoms with Crippen molar-refractivity contribution < 1.29 is 19.2 Å². The third kappa shape index (κ3) is 33.6. The van der Waals surface area contributed by atoms with Crippen LogP contribution in [0.25, 0.3) is 55.0 Å². The summed E-state index contributed by atoms with van der Waals surface area (Å²) in [7, 11) is 0. The van der Waals surface area contributed by atoms with E-state index < -0.39 is 0 Å². The van der Waals surface area contributed by atoms with Crippen LogP contribution in [0.5, 0.6) is 0 Å². The molecule has 674 valence electrons. The lowest BCUT2D eigenvalue weighted by Crippen LogP contribution is -2.53. The number of aromatic amines is 2. The van der Waals surface area contributed by atoms with E-state index in [0.717, 1.165) is 190 Å². The molecule has 122 heavy (non-hydrogen) atoms. The number of amides is 2. The van der Waals surface area contributed by atoms with Gasteiger partial charge in [0.15, 0.2) is 23.1 Å². The number of nitrogen functional groups attached to an aromatic ring is 2. The van der Waals surface area contributed by atoms with E-state index in [1.165, 1.54) is 145 Å². The number of piperazine rings is 1. The Morgan fingerprint density at radius 2 is 1.09 bits per heavy atom. The number of imidazole rings is 3. The van der Waals surface area contributed by atoms with E-state index in [1.807, 2.05) is 35.1 Å². The van der Waals surface area contributed by atoms with Gasteiger partial charge in [-0.25, -0.2) is 24.7 Å². The Morgan fingerprint density at radius 3 is 1.74 bits per heavy atom. The van der Waals surface area contributed by atoms with Crippen molar-refractivity contribution in [2.24, 2.45) is 5.41 Å². The average Bonchev–Trinajstić information content (AvgIpc) is 1.54. The number of unbranched alkanes of at least 4 members (excludes halogenated alkanes) is 24. The smallest absolute Gasteiger partial charge is 0.328 e. The molecule has 0 saturated carbocycles. The molecule has 3 aromatic carbocycles. The number of para-hydroxylation sites is 1. The number of rotatable bonds is 53. The number of nitrogens with one attached hydrogen (secondary N) is 7. The molecule has 10 rings (SSSR count). The van der Waals surface area contributed by atoms with Crippen LogP contribution in [-0.4, -0.2) is 148 Å². The van der Waals surface area contributed by atoms with Crippen molar-refractivity contribution in [1.82, 2.24) is 70.0 Å². The van der Waals surface area contributed by atoms with Gasteiger partial charge in [-0.3, -0.25) is 23.9 Å². The second-order valence-corrected chi connectivity index (χ2v) is 37.2. The molecule has 1 aliphatic heterocycles. The first-order chi connectivity index (χ1) is 58.8. The number of nitrogens with two attached hydrogens (primary N) is 2. The molecule has 1 aliphatic rings. The number of H-pyrrole nitrogens is 2. The Hall–Kier alpha value is -8.90. The highest BCUT2D eigenvalue weighted by Crippen LogP contribution is 2.34. The van der Waals surface area contributed by atoms with E-state index in [-0.39, 0.29) is 59.6 Å². The van der Waals surface area contributed by atoms with Crippen LogP contribution in [0.1, 0.15) is 342 Å². The van der Waals surface area contributed by atoms with E-state index >= 15 is 0 Å². The first-order valence-electron chi connectivity index (χ1n) is 47.4. The largest absolute Gasteiger partial charge is 0.412 e. The van der Waals surface area contributed by atoms with Gasteiger partial charge < -0.3 is 57.8 Å². The van der Waals surface area contributed by atoms with Gasteiger partial charge in [-0.15, -0.1) is 0 Å². The molecule has 0 bridgehead atoms. The SMILES string of the molecule is CCCCCCCCCCCCCCCCCC(=O)NCCCCOn1c(CCCC)nc2c(NC(C)(C)C)nc3ccccc3c21.CCCCNc1nc(N)c2[nH]c(=O)n(Cc3ccc(C(=O)CCC(=O)NCCCNCCCCCCCCCC(C)(C)C)cc3)c2n1.CCCCc1nc2c([nH]1)c(N)nc1ccc(N3CCN(C(C)(C)C)CC3)cc12. The second kappa shape index (κ2) is 52.0. The van der Waals surface area contributed by atoms with Crippen molar-refractivity contribution in [3.05, 3.63) is 100.0 Å². The first-order valence-corrected chi connectivity index (χ1v) is 47.4. The molecule has 0 radical (unpaired) electrons. The van der Waals surface area contributed by atoms with Gasteiger partial charge in [0.25, 0.3) is 0 Å². The molecule has 0 unspecified atom stereocenters. The maximum Gasteiger partial charge on any atom is 0.328 e. The Bertz CT molecular complexity index is 4630. The number of benzene rings is 3.